The second-order valence-corrected chi connectivity index (χ2v) is 5.47. The van der Waals surface area contributed by atoms with Gasteiger partial charge in [-0.25, -0.2) is 0 Å². The van der Waals surface area contributed by atoms with Crippen molar-refractivity contribution in [3.63, 3.8) is 0 Å². The van der Waals surface area contributed by atoms with Gasteiger partial charge in [0.2, 0.25) is 0 Å². The average molecular weight is 294 g/mol. The van der Waals surface area contributed by atoms with Gasteiger partial charge in [-0.2, -0.15) is 0 Å². The molecule has 110 valence electrons. The van der Waals surface area contributed by atoms with Gasteiger partial charge >= 0.3 is 14.0 Å². The Morgan fingerprint density at radius 1 is 0.636 bits per heavy atom. The maximum absolute atomic E-state index is 5.94. The Labute approximate surface area is 130 Å². The lowest BCUT2D eigenvalue weighted by molar-refractivity contribution is 0.233. The van der Waals surface area contributed by atoms with Crippen LogP contribution in [0.5, 0.6) is 0 Å². The van der Waals surface area contributed by atoms with Gasteiger partial charge < -0.3 is 18.6 Å². The first kappa shape index (κ1) is 14.0. The summed E-state index contributed by atoms with van der Waals surface area (Å²) < 4.78 is 23.3. The van der Waals surface area contributed by atoms with Crippen LogP contribution >= 0.6 is 0 Å². The van der Waals surface area contributed by atoms with Crippen LogP contribution in [0.15, 0.2) is 60.7 Å². The highest BCUT2D eigenvalue weighted by Gasteiger charge is 2.50. The van der Waals surface area contributed by atoms with Crippen molar-refractivity contribution in [3.05, 3.63) is 71.8 Å². The molecule has 2 saturated heterocycles. The van der Waals surface area contributed by atoms with E-state index in [1.54, 1.807) is 0 Å². The first-order valence-corrected chi connectivity index (χ1v) is 7.54. The highest BCUT2D eigenvalue weighted by molar-refractivity contribution is 7.11. The van der Waals surface area contributed by atoms with Gasteiger partial charge in [0.15, 0.2) is 0 Å². The van der Waals surface area contributed by atoms with E-state index < -0.39 is 14.0 Å². The van der Waals surface area contributed by atoms with Crippen LogP contribution < -0.4 is 0 Å². The van der Waals surface area contributed by atoms with Crippen LogP contribution in [-0.4, -0.2) is 27.2 Å². The molecule has 2 aliphatic rings. The highest BCUT2D eigenvalue weighted by Crippen LogP contribution is 2.31. The molecule has 6 heteroatoms. The minimum absolute atomic E-state index is 0.0609. The predicted molar refractivity (Wildman–Crippen MR) is 83.9 cm³/mol. The monoisotopic (exact) mass is 294 g/mol. The Morgan fingerprint density at radius 3 is 1.45 bits per heavy atom. The molecule has 2 aromatic carbocycles. The zero-order valence-corrected chi connectivity index (χ0v) is 12.1. The Balaban J connectivity index is 1.38. The van der Waals surface area contributed by atoms with Gasteiger partial charge in [0.1, 0.15) is 0 Å². The maximum atomic E-state index is 5.94. The van der Waals surface area contributed by atoms with E-state index in [1.807, 2.05) is 60.7 Å². The van der Waals surface area contributed by atoms with Crippen molar-refractivity contribution >= 4 is 14.0 Å². The molecule has 2 fully saturated rings. The van der Waals surface area contributed by atoms with Crippen molar-refractivity contribution in [2.45, 2.75) is 12.2 Å². The lowest BCUT2D eigenvalue weighted by Crippen LogP contribution is -2.38. The summed E-state index contributed by atoms with van der Waals surface area (Å²) in [6.45, 7) is 1.04. The molecule has 2 atom stereocenters. The first-order chi connectivity index (χ1) is 10.9. The number of benzene rings is 2. The fourth-order valence-corrected chi connectivity index (χ4v) is 2.82. The third kappa shape index (κ3) is 2.83. The highest BCUT2D eigenvalue weighted by atomic mass is 16.7. The summed E-state index contributed by atoms with van der Waals surface area (Å²) in [4.78, 5) is 0. The van der Waals surface area contributed by atoms with Crippen molar-refractivity contribution < 1.29 is 18.6 Å². The lowest BCUT2D eigenvalue weighted by atomic mass is 9.49. The quantitative estimate of drug-likeness (QED) is 0.815. The topological polar surface area (TPSA) is 36.9 Å². The summed E-state index contributed by atoms with van der Waals surface area (Å²) in [6.07, 6.45) is -0.122. The van der Waals surface area contributed by atoms with Gasteiger partial charge in [0.25, 0.3) is 0 Å². The van der Waals surface area contributed by atoms with Crippen molar-refractivity contribution in [3.8, 4) is 0 Å². The third-order valence-electron chi connectivity index (χ3n) is 3.99. The zero-order valence-electron chi connectivity index (χ0n) is 12.1. The van der Waals surface area contributed by atoms with Crippen LogP contribution in [0, 0.1) is 0 Å². The van der Waals surface area contributed by atoms with Crippen LogP contribution in [0.2, 0.25) is 0 Å². The summed E-state index contributed by atoms with van der Waals surface area (Å²) in [6, 6.07) is 20.1. The summed E-state index contributed by atoms with van der Waals surface area (Å²) in [7, 11) is -0.946. The molecule has 4 nitrogen and oxygen atoms in total. The van der Waals surface area contributed by atoms with Crippen molar-refractivity contribution in [2.24, 2.45) is 0 Å². The van der Waals surface area contributed by atoms with E-state index in [4.69, 9.17) is 18.6 Å². The molecule has 22 heavy (non-hydrogen) atoms. The number of rotatable bonds is 3. The van der Waals surface area contributed by atoms with E-state index in [0.29, 0.717) is 13.2 Å². The molecule has 0 unspecified atom stereocenters. The third-order valence-corrected chi connectivity index (χ3v) is 3.99. The fraction of sp³-hybridized carbons (Fsp3) is 0.250. The van der Waals surface area contributed by atoms with Crippen molar-refractivity contribution in [2.75, 3.05) is 13.2 Å². The molecule has 0 aromatic heterocycles. The van der Waals surface area contributed by atoms with Crippen molar-refractivity contribution in [1.82, 2.24) is 0 Å². The Morgan fingerprint density at radius 2 is 1.05 bits per heavy atom. The Kier molecular flexibility index (Phi) is 3.99. The minimum atomic E-state index is -0.473. The molecule has 0 bridgehead atoms. The molecular formula is C16H16B2O4. The Bertz CT molecular complexity index is 555. The van der Waals surface area contributed by atoms with Crippen LogP contribution in [-0.2, 0) is 18.6 Å². The fourth-order valence-electron chi connectivity index (χ4n) is 2.82. The largest absolute Gasteiger partial charge is 0.488 e. The minimum Gasteiger partial charge on any atom is -0.410 e. The second-order valence-electron chi connectivity index (χ2n) is 5.47. The lowest BCUT2D eigenvalue weighted by Gasteiger charge is -2.12. The number of hydrogen-bond acceptors (Lipinski definition) is 4. The van der Waals surface area contributed by atoms with Gasteiger partial charge in [-0.15, -0.1) is 0 Å². The molecule has 4 rings (SSSR count). The molecule has 2 heterocycles. The van der Waals surface area contributed by atoms with Crippen molar-refractivity contribution in [1.29, 1.82) is 0 Å². The van der Waals surface area contributed by atoms with E-state index in [2.05, 4.69) is 0 Å². The smallest absolute Gasteiger partial charge is 0.410 e. The van der Waals surface area contributed by atoms with Gasteiger partial charge in [0, 0.05) is 0 Å². The maximum Gasteiger partial charge on any atom is 0.488 e. The molecule has 0 aliphatic carbocycles. The molecule has 0 saturated carbocycles. The van der Waals surface area contributed by atoms with Crippen LogP contribution in [0.1, 0.15) is 23.3 Å². The standard InChI is InChI=1S/C16H16B2O4/c1-3-7-13(8-4-1)15-11-19-17(21-15)18-20-12-16(22-18)14-9-5-2-6-10-14/h1-10,15-16H,11-12H2/t15-,16-/m0/s1. The molecule has 0 spiro atoms. The van der Waals surface area contributed by atoms with E-state index >= 15 is 0 Å². The molecule has 0 radical (unpaired) electrons. The number of hydrogen-bond donors (Lipinski definition) is 0. The summed E-state index contributed by atoms with van der Waals surface area (Å²) in [5, 5.41) is 0. The normalized spacial score (nSPS) is 24.9. The van der Waals surface area contributed by atoms with E-state index in [-0.39, 0.29) is 12.2 Å². The molecule has 0 N–H and O–H groups in total. The molecule has 2 aliphatic heterocycles. The van der Waals surface area contributed by atoms with E-state index in [9.17, 15) is 0 Å². The molecule has 2 aromatic rings. The van der Waals surface area contributed by atoms with Crippen LogP contribution in [0.25, 0.3) is 0 Å². The summed E-state index contributed by atoms with van der Waals surface area (Å²) >= 11 is 0. The van der Waals surface area contributed by atoms with Gasteiger partial charge in [-0.05, 0) is 11.1 Å². The van der Waals surface area contributed by atoms with Gasteiger partial charge in [0.05, 0.1) is 25.4 Å². The SMILES string of the molecule is c1ccc([C@@H]2COB(B3OC[C@@H](c4ccccc4)O3)O2)cc1. The van der Waals surface area contributed by atoms with E-state index in [1.165, 1.54) is 0 Å². The summed E-state index contributed by atoms with van der Waals surface area (Å²) in [5.74, 6) is 0. The summed E-state index contributed by atoms with van der Waals surface area (Å²) in [5.41, 5.74) is 2.23. The second kappa shape index (κ2) is 6.26. The van der Waals surface area contributed by atoms with Crippen LogP contribution in [0.4, 0.5) is 0 Å². The molecular weight excluding hydrogens is 278 g/mol. The van der Waals surface area contributed by atoms with E-state index in [0.717, 1.165) is 11.1 Å². The van der Waals surface area contributed by atoms with Gasteiger partial charge in [-0.3, -0.25) is 0 Å². The zero-order chi connectivity index (χ0) is 14.8. The van der Waals surface area contributed by atoms with Crippen LogP contribution in [0.3, 0.4) is 0 Å². The molecule has 0 amide bonds. The first-order valence-electron chi connectivity index (χ1n) is 7.54. The van der Waals surface area contributed by atoms with Gasteiger partial charge in [-0.1, -0.05) is 60.7 Å². The average Bonchev–Trinajstić information content (AvgIpc) is 3.26. The predicted octanol–water partition coefficient (Wildman–Crippen LogP) is 2.62. The Hall–Kier alpha value is -1.59.